The molecule has 0 aliphatic heterocycles. The zero-order chi connectivity index (χ0) is 13.1. The van der Waals surface area contributed by atoms with Gasteiger partial charge < -0.3 is 9.67 Å². The number of benzene rings is 1. The molecule has 1 aromatic heterocycles. The molecule has 0 saturated heterocycles. The van der Waals surface area contributed by atoms with Crippen molar-refractivity contribution in [3.8, 4) is 0 Å². The van der Waals surface area contributed by atoms with Crippen molar-refractivity contribution in [2.24, 2.45) is 7.05 Å². The molecular weight excluding hydrogens is 272 g/mol. The highest BCUT2D eigenvalue weighted by Crippen LogP contribution is 2.25. The maximum atomic E-state index is 10.4. The summed E-state index contributed by atoms with van der Waals surface area (Å²) in [7, 11) is 1.95. The number of carbonyl (C=O) groups is 1. The third-order valence-corrected chi connectivity index (χ3v) is 3.92. The lowest BCUT2D eigenvalue weighted by molar-refractivity contribution is -0.137. The maximum Gasteiger partial charge on any atom is 0.303 e. The summed E-state index contributed by atoms with van der Waals surface area (Å²) in [6.45, 7) is 0. The predicted octanol–water partition coefficient (Wildman–Crippen LogP) is 3.18. The van der Waals surface area contributed by atoms with Gasteiger partial charge in [0.25, 0.3) is 0 Å². The molecule has 6 heteroatoms. The van der Waals surface area contributed by atoms with Crippen molar-refractivity contribution >= 4 is 40.4 Å². The maximum absolute atomic E-state index is 10.4. The molecule has 1 N–H and O–H groups in total. The molecule has 96 valence electrons. The number of aromatic nitrogens is 2. The predicted molar refractivity (Wildman–Crippen MR) is 73.3 cm³/mol. The van der Waals surface area contributed by atoms with Gasteiger partial charge in [-0.05, 0) is 24.6 Å². The van der Waals surface area contributed by atoms with Gasteiger partial charge in [-0.2, -0.15) is 0 Å². The van der Waals surface area contributed by atoms with E-state index in [0.29, 0.717) is 11.4 Å². The second-order valence-electron chi connectivity index (χ2n) is 3.93. The van der Waals surface area contributed by atoms with Crippen LogP contribution in [-0.4, -0.2) is 26.4 Å². The first-order chi connectivity index (χ1) is 8.58. The van der Waals surface area contributed by atoms with E-state index in [0.717, 1.165) is 21.9 Å². The number of aryl methyl sites for hydroxylation is 1. The third kappa shape index (κ3) is 2.97. The van der Waals surface area contributed by atoms with Gasteiger partial charge in [-0.3, -0.25) is 4.79 Å². The van der Waals surface area contributed by atoms with Crippen molar-refractivity contribution in [2.45, 2.75) is 18.0 Å². The van der Waals surface area contributed by atoms with E-state index < -0.39 is 5.97 Å². The van der Waals surface area contributed by atoms with Crippen LogP contribution in [0.15, 0.2) is 23.4 Å². The summed E-state index contributed by atoms with van der Waals surface area (Å²) in [6.07, 6.45) is 0.840. The minimum Gasteiger partial charge on any atom is -0.481 e. The van der Waals surface area contributed by atoms with Gasteiger partial charge in [-0.1, -0.05) is 23.4 Å². The lowest BCUT2D eigenvalue weighted by Crippen LogP contribution is -1.96. The van der Waals surface area contributed by atoms with Crippen LogP contribution in [-0.2, 0) is 11.8 Å². The smallest absolute Gasteiger partial charge is 0.303 e. The molecule has 0 amide bonds. The average Bonchev–Trinajstić information content (AvgIpc) is 2.61. The lowest BCUT2D eigenvalue weighted by Gasteiger charge is -2.01. The topological polar surface area (TPSA) is 55.1 Å². The highest BCUT2D eigenvalue weighted by molar-refractivity contribution is 7.99. The van der Waals surface area contributed by atoms with Crippen LogP contribution < -0.4 is 0 Å². The first-order valence-corrected chi connectivity index (χ1v) is 6.91. The molecular formula is C12H13ClN2O2S. The summed E-state index contributed by atoms with van der Waals surface area (Å²) >= 11 is 7.49. The van der Waals surface area contributed by atoms with Crippen LogP contribution in [0.4, 0.5) is 0 Å². The van der Waals surface area contributed by atoms with Crippen LogP contribution in [0.2, 0.25) is 5.02 Å². The molecule has 0 bridgehead atoms. The molecule has 0 saturated carbocycles. The van der Waals surface area contributed by atoms with E-state index in [2.05, 4.69) is 4.98 Å². The van der Waals surface area contributed by atoms with E-state index in [9.17, 15) is 4.79 Å². The molecule has 2 rings (SSSR count). The van der Waals surface area contributed by atoms with E-state index in [1.165, 1.54) is 0 Å². The van der Waals surface area contributed by atoms with Crippen molar-refractivity contribution in [1.82, 2.24) is 9.55 Å². The fourth-order valence-corrected chi connectivity index (χ4v) is 2.76. The minimum atomic E-state index is -0.757. The Balaban J connectivity index is 2.09. The fourth-order valence-electron chi connectivity index (χ4n) is 1.67. The Morgan fingerprint density at radius 1 is 1.56 bits per heavy atom. The van der Waals surface area contributed by atoms with Gasteiger partial charge in [0.2, 0.25) is 0 Å². The van der Waals surface area contributed by atoms with Crippen molar-refractivity contribution in [2.75, 3.05) is 5.75 Å². The molecule has 4 nitrogen and oxygen atoms in total. The number of rotatable bonds is 5. The van der Waals surface area contributed by atoms with E-state index in [-0.39, 0.29) is 6.42 Å². The summed E-state index contributed by atoms with van der Waals surface area (Å²) < 4.78 is 2.00. The number of nitrogens with zero attached hydrogens (tertiary/aromatic N) is 2. The first kappa shape index (κ1) is 13.2. The van der Waals surface area contributed by atoms with Crippen LogP contribution in [0, 0.1) is 0 Å². The average molecular weight is 285 g/mol. The Bertz CT molecular complexity index is 583. The standard InChI is InChI=1S/C12H13ClN2O2S/c1-15-10-5-4-8(13)7-9(10)14-12(15)18-6-2-3-11(16)17/h4-5,7H,2-3,6H2,1H3,(H,16,17). The number of hydrogen-bond donors (Lipinski definition) is 1. The SMILES string of the molecule is Cn1c(SCCCC(=O)O)nc2cc(Cl)ccc21. The summed E-state index contributed by atoms with van der Waals surface area (Å²) in [5.41, 5.74) is 1.89. The van der Waals surface area contributed by atoms with Crippen LogP contribution in [0.3, 0.4) is 0 Å². The van der Waals surface area contributed by atoms with Crippen molar-refractivity contribution in [1.29, 1.82) is 0 Å². The van der Waals surface area contributed by atoms with Gasteiger partial charge in [0, 0.05) is 24.2 Å². The fraction of sp³-hybridized carbons (Fsp3) is 0.333. The molecule has 2 aromatic rings. The van der Waals surface area contributed by atoms with Crippen molar-refractivity contribution in [3.05, 3.63) is 23.2 Å². The summed E-state index contributed by atoms with van der Waals surface area (Å²) in [4.78, 5) is 14.9. The highest BCUT2D eigenvalue weighted by Gasteiger charge is 2.08. The Labute approximate surface area is 114 Å². The molecule has 0 radical (unpaired) electrons. The summed E-state index contributed by atoms with van der Waals surface area (Å²) in [5.74, 6) is -0.00984. The minimum absolute atomic E-state index is 0.197. The monoisotopic (exact) mass is 284 g/mol. The van der Waals surface area contributed by atoms with Gasteiger partial charge in [0.05, 0.1) is 11.0 Å². The summed E-state index contributed by atoms with van der Waals surface area (Å²) in [5, 5.41) is 10.1. The van der Waals surface area contributed by atoms with E-state index >= 15 is 0 Å². The first-order valence-electron chi connectivity index (χ1n) is 5.54. The highest BCUT2D eigenvalue weighted by atomic mass is 35.5. The zero-order valence-electron chi connectivity index (χ0n) is 9.89. The molecule has 1 aromatic carbocycles. The number of thioether (sulfide) groups is 1. The Hall–Kier alpha value is -1.20. The van der Waals surface area contributed by atoms with Crippen LogP contribution in [0.5, 0.6) is 0 Å². The number of fused-ring (bicyclic) bond motifs is 1. The number of carboxylic acid groups (broad SMARTS) is 1. The van der Waals surface area contributed by atoms with Gasteiger partial charge in [0.15, 0.2) is 5.16 Å². The molecule has 0 unspecified atom stereocenters. The van der Waals surface area contributed by atoms with Crippen LogP contribution in [0.1, 0.15) is 12.8 Å². The Morgan fingerprint density at radius 3 is 3.06 bits per heavy atom. The third-order valence-electron chi connectivity index (χ3n) is 2.57. The van der Waals surface area contributed by atoms with Gasteiger partial charge in [-0.25, -0.2) is 4.98 Å². The number of halogens is 1. The molecule has 0 spiro atoms. The zero-order valence-corrected chi connectivity index (χ0v) is 11.5. The quantitative estimate of drug-likeness (QED) is 0.677. The normalized spacial score (nSPS) is 11.0. The molecule has 18 heavy (non-hydrogen) atoms. The second-order valence-corrected chi connectivity index (χ2v) is 5.43. The number of imidazole rings is 1. The lowest BCUT2D eigenvalue weighted by atomic mass is 10.3. The van der Waals surface area contributed by atoms with E-state index in [4.69, 9.17) is 16.7 Å². The van der Waals surface area contributed by atoms with Crippen LogP contribution in [0.25, 0.3) is 11.0 Å². The summed E-state index contributed by atoms with van der Waals surface area (Å²) in [6, 6.07) is 5.61. The molecule has 1 heterocycles. The van der Waals surface area contributed by atoms with E-state index in [1.54, 1.807) is 11.8 Å². The Kier molecular flexibility index (Phi) is 4.14. The van der Waals surface area contributed by atoms with Gasteiger partial charge in [-0.15, -0.1) is 0 Å². The van der Waals surface area contributed by atoms with Gasteiger partial charge in [0.1, 0.15) is 0 Å². The van der Waals surface area contributed by atoms with Crippen LogP contribution >= 0.6 is 23.4 Å². The van der Waals surface area contributed by atoms with Crippen molar-refractivity contribution < 1.29 is 9.90 Å². The Morgan fingerprint density at radius 2 is 2.33 bits per heavy atom. The van der Waals surface area contributed by atoms with E-state index in [1.807, 2.05) is 29.8 Å². The number of carboxylic acids is 1. The number of hydrogen-bond acceptors (Lipinski definition) is 3. The number of aliphatic carboxylic acids is 1. The molecule has 0 fully saturated rings. The van der Waals surface area contributed by atoms with Crippen molar-refractivity contribution in [3.63, 3.8) is 0 Å². The van der Waals surface area contributed by atoms with Gasteiger partial charge >= 0.3 is 5.97 Å². The molecule has 0 atom stereocenters. The largest absolute Gasteiger partial charge is 0.481 e. The molecule has 0 aliphatic carbocycles. The second kappa shape index (κ2) is 5.63. The molecule has 0 aliphatic rings.